The molecule has 206 valence electrons. The first-order chi connectivity index (χ1) is 17.4. The second-order valence-electron chi connectivity index (χ2n) is 7.94. The number of anilines is 1. The minimum absolute atomic E-state index is 0.0718. The van der Waals surface area contributed by atoms with E-state index >= 15 is 0 Å². The molecule has 0 bridgehead atoms. The topological polar surface area (TPSA) is 87.3 Å². The molecule has 1 fully saturated rings. The molecule has 3 unspecified atom stereocenters. The number of halogens is 11. The van der Waals surface area contributed by atoms with Gasteiger partial charge in [-0.25, -0.2) is 13.2 Å². The van der Waals surface area contributed by atoms with Crippen LogP contribution in [-0.2, 0) is 9.59 Å². The van der Waals surface area contributed by atoms with E-state index in [2.05, 4.69) is 5.32 Å². The Hall–Kier alpha value is -2.12. The predicted molar refractivity (Wildman–Crippen MR) is 129 cm³/mol. The molecule has 0 aromatic heterocycles. The number of rotatable bonds is 6. The van der Waals surface area contributed by atoms with Crippen molar-refractivity contribution >= 4 is 81.4 Å². The van der Waals surface area contributed by atoms with Gasteiger partial charge in [-0.1, -0.05) is 34.8 Å². The third kappa shape index (κ3) is 5.89. The molecule has 0 aliphatic heterocycles. The van der Waals surface area contributed by atoms with Gasteiger partial charge in [-0.3, -0.25) is 25.2 Å². The molecule has 1 aliphatic rings. The Bertz CT molecular complexity index is 1280. The molecule has 3 amide bonds. The van der Waals surface area contributed by atoms with E-state index < -0.39 is 57.7 Å². The van der Waals surface area contributed by atoms with Crippen molar-refractivity contribution < 1.29 is 40.7 Å². The van der Waals surface area contributed by atoms with Crippen molar-refractivity contribution in [1.29, 1.82) is 0 Å². The largest absolute Gasteiger partial charge is 0.437 e. The van der Waals surface area contributed by atoms with Crippen molar-refractivity contribution in [1.82, 2.24) is 10.9 Å². The SMILES string of the molecule is O=C(NNC(=O)C(F)(C(F)F)C(F)(F)F)c1cc(NC(=O)C2C(c3cc(Cl)cc(Cl)c3)C2(Cl)Cl)ccc1Cl. The Labute approximate surface area is 234 Å². The number of benzene rings is 2. The first kappa shape index (κ1) is 30.4. The lowest BCUT2D eigenvalue weighted by atomic mass is 10.1. The van der Waals surface area contributed by atoms with E-state index in [9.17, 15) is 40.7 Å². The van der Waals surface area contributed by atoms with Gasteiger partial charge in [0.05, 0.1) is 16.5 Å². The average molecular weight is 646 g/mol. The molecule has 0 radical (unpaired) electrons. The molecule has 17 heteroatoms. The minimum atomic E-state index is -6.28. The summed E-state index contributed by atoms with van der Waals surface area (Å²) in [5, 5.41) is 2.65. The molecule has 3 rings (SSSR count). The number of carbonyl (C=O) groups excluding carboxylic acids is 3. The Morgan fingerprint density at radius 2 is 1.47 bits per heavy atom. The van der Waals surface area contributed by atoms with Gasteiger partial charge < -0.3 is 5.32 Å². The van der Waals surface area contributed by atoms with E-state index in [1.165, 1.54) is 29.7 Å². The molecule has 1 saturated carbocycles. The van der Waals surface area contributed by atoms with Crippen molar-refractivity contribution in [2.45, 2.75) is 28.5 Å². The number of hydrazine groups is 1. The number of carbonyl (C=O) groups is 3. The van der Waals surface area contributed by atoms with Crippen molar-refractivity contribution in [3.8, 4) is 0 Å². The number of hydrogen-bond acceptors (Lipinski definition) is 3. The third-order valence-corrected chi connectivity index (χ3v) is 7.10. The summed E-state index contributed by atoms with van der Waals surface area (Å²) in [5.41, 5.74) is -3.40. The molecule has 0 spiro atoms. The maximum Gasteiger partial charge on any atom is 0.437 e. The molecule has 3 atom stereocenters. The molecule has 3 N–H and O–H groups in total. The molecule has 2 aromatic rings. The zero-order chi connectivity index (χ0) is 28.8. The van der Waals surface area contributed by atoms with Crippen molar-refractivity contribution in [3.63, 3.8) is 0 Å². The fourth-order valence-corrected chi connectivity index (χ4v) is 5.02. The van der Waals surface area contributed by atoms with Crippen LogP contribution >= 0.6 is 58.0 Å². The fraction of sp³-hybridized carbons (Fsp3) is 0.286. The van der Waals surface area contributed by atoms with Crippen LogP contribution in [0.25, 0.3) is 0 Å². The van der Waals surface area contributed by atoms with Gasteiger partial charge in [0.15, 0.2) is 0 Å². The smallest absolute Gasteiger partial charge is 0.326 e. The summed E-state index contributed by atoms with van der Waals surface area (Å²) in [6.07, 6.45) is -11.1. The lowest BCUT2D eigenvalue weighted by Gasteiger charge is -2.25. The van der Waals surface area contributed by atoms with E-state index in [0.717, 1.165) is 17.6 Å². The predicted octanol–water partition coefficient (Wildman–Crippen LogP) is 6.47. The van der Waals surface area contributed by atoms with Gasteiger partial charge in [0, 0.05) is 21.7 Å². The first-order valence-electron chi connectivity index (χ1n) is 10.00. The molecule has 2 aromatic carbocycles. The Kier molecular flexibility index (Phi) is 8.65. The van der Waals surface area contributed by atoms with E-state index in [-0.39, 0.29) is 20.8 Å². The van der Waals surface area contributed by atoms with Gasteiger partial charge in [0.1, 0.15) is 4.33 Å². The summed E-state index contributed by atoms with van der Waals surface area (Å²) in [6.45, 7) is 0. The first-order valence-corrected chi connectivity index (χ1v) is 11.9. The van der Waals surface area contributed by atoms with Crippen LogP contribution in [0.2, 0.25) is 15.1 Å². The quantitative estimate of drug-likeness (QED) is 0.191. The number of amides is 3. The lowest BCUT2D eigenvalue weighted by molar-refractivity contribution is -0.258. The Morgan fingerprint density at radius 3 is 2.00 bits per heavy atom. The lowest BCUT2D eigenvalue weighted by Crippen LogP contribution is -2.61. The van der Waals surface area contributed by atoms with Gasteiger partial charge >= 0.3 is 11.8 Å². The second kappa shape index (κ2) is 10.8. The third-order valence-electron chi connectivity index (χ3n) is 5.39. The van der Waals surface area contributed by atoms with Gasteiger partial charge in [-0.05, 0) is 42.0 Å². The highest BCUT2D eigenvalue weighted by Gasteiger charge is 2.69. The van der Waals surface area contributed by atoms with E-state index in [1.807, 2.05) is 0 Å². The zero-order valence-corrected chi connectivity index (χ0v) is 21.9. The van der Waals surface area contributed by atoms with Gasteiger partial charge in [-0.15, -0.1) is 23.2 Å². The number of alkyl halides is 8. The van der Waals surface area contributed by atoms with Crippen LogP contribution in [-0.4, -0.2) is 40.3 Å². The maximum absolute atomic E-state index is 13.7. The monoisotopic (exact) mass is 643 g/mol. The Balaban J connectivity index is 1.73. The summed E-state index contributed by atoms with van der Waals surface area (Å²) in [5.74, 6) is -6.70. The average Bonchev–Trinajstić information content (AvgIpc) is 3.38. The van der Waals surface area contributed by atoms with Crippen LogP contribution in [0.1, 0.15) is 21.8 Å². The van der Waals surface area contributed by atoms with Crippen LogP contribution < -0.4 is 16.2 Å². The van der Waals surface area contributed by atoms with Crippen LogP contribution in [0.15, 0.2) is 36.4 Å². The molecular formula is C21H12Cl5F6N3O3. The fourth-order valence-electron chi connectivity index (χ4n) is 3.44. The summed E-state index contributed by atoms with van der Waals surface area (Å²) in [7, 11) is 0. The van der Waals surface area contributed by atoms with Crippen LogP contribution in [0, 0.1) is 5.92 Å². The zero-order valence-electron chi connectivity index (χ0n) is 18.1. The van der Waals surface area contributed by atoms with Crippen LogP contribution in [0.5, 0.6) is 0 Å². The summed E-state index contributed by atoms with van der Waals surface area (Å²) < 4.78 is 75.5. The van der Waals surface area contributed by atoms with Gasteiger partial charge in [0.2, 0.25) is 5.91 Å². The van der Waals surface area contributed by atoms with Crippen LogP contribution in [0.4, 0.5) is 32.0 Å². The summed E-state index contributed by atoms with van der Waals surface area (Å²) in [6, 6.07) is 7.77. The number of nitrogens with one attached hydrogen (secondary N) is 3. The van der Waals surface area contributed by atoms with E-state index in [4.69, 9.17) is 58.0 Å². The highest BCUT2D eigenvalue weighted by atomic mass is 35.5. The standard InChI is InChI=1S/C21H12Cl5F6N3O3/c22-8-3-7(4-9(23)5-8)13-14(20(13,25)26)16(37)33-10-1-2-12(24)11(6-10)15(36)34-35-18(38)19(29,17(27)28)21(30,31)32/h1-6,13-14,17H,(H,33,37)(H,34,36)(H,35,38). The summed E-state index contributed by atoms with van der Waals surface area (Å²) >= 11 is 30.4. The molecule has 6 nitrogen and oxygen atoms in total. The number of hydrogen-bond donors (Lipinski definition) is 3. The summed E-state index contributed by atoms with van der Waals surface area (Å²) in [4.78, 5) is 36.6. The molecule has 0 saturated heterocycles. The van der Waals surface area contributed by atoms with Crippen molar-refractivity contribution in [2.75, 3.05) is 5.32 Å². The van der Waals surface area contributed by atoms with E-state index in [0.29, 0.717) is 5.56 Å². The highest BCUT2D eigenvalue weighted by Crippen LogP contribution is 2.65. The molecular weight excluding hydrogens is 634 g/mol. The normalized spacial score (nSPS) is 19.9. The second-order valence-corrected chi connectivity index (χ2v) is 10.7. The molecule has 1 aliphatic carbocycles. The molecule has 38 heavy (non-hydrogen) atoms. The van der Waals surface area contributed by atoms with E-state index in [1.54, 1.807) is 0 Å². The van der Waals surface area contributed by atoms with Crippen molar-refractivity contribution in [3.05, 3.63) is 62.6 Å². The minimum Gasteiger partial charge on any atom is -0.326 e. The highest BCUT2D eigenvalue weighted by molar-refractivity contribution is 6.53. The van der Waals surface area contributed by atoms with Gasteiger partial charge in [0.25, 0.3) is 18.2 Å². The van der Waals surface area contributed by atoms with Crippen LogP contribution in [0.3, 0.4) is 0 Å². The maximum atomic E-state index is 13.7. The molecule has 0 heterocycles. The Morgan fingerprint density at radius 1 is 0.895 bits per heavy atom. The van der Waals surface area contributed by atoms with Crippen molar-refractivity contribution in [2.24, 2.45) is 5.92 Å². The van der Waals surface area contributed by atoms with Gasteiger partial charge in [-0.2, -0.15) is 13.2 Å².